The van der Waals surface area contributed by atoms with Crippen LogP contribution in [0.1, 0.15) is 44.5 Å². The number of carbonyl (C=O) groups is 2. The fourth-order valence-electron chi connectivity index (χ4n) is 2.37. The number of halogens is 2. The molecule has 0 radical (unpaired) electrons. The highest BCUT2D eigenvalue weighted by Gasteiger charge is 2.29. The van der Waals surface area contributed by atoms with Crippen LogP contribution < -0.4 is 16.0 Å². The normalized spacial score (nSPS) is 15.6. The van der Waals surface area contributed by atoms with E-state index in [-0.39, 0.29) is 35.7 Å². The van der Waals surface area contributed by atoms with Gasteiger partial charge in [-0.25, -0.2) is 0 Å². The summed E-state index contributed by atoms with van der Waals surface area (Å²) in [4.78, 5) is 24.6. The molecule has 5 nitrogen and oxygen atoms in total. The minimum absolute atomic E-state index is 0. The van der Waals surface area contributed by atoms with Gasteiger partial charge in [0.05, 0.1) is 10.6 Å². The zero-order chi connectivity index (χ0) is 17.9. The number of hydrogen-bond donors (Lipinski definition) is 3. The number of carbonyl (C=O) groups excluding carboxylic acids is 2. The van der Waals surface area contributed by atoms with E-state index in [2.05, 4.69) is 16.0 Å². The molecule has 0 spiro atoms. The second kappa shape index (κ2) is 8.88. The fraction of sp³-hybridized carbons (Fsp3) is 0.556. The molecule has 25 heavy (non-hydrogen) atoms. The number of anilines is 1. The van der Waals surface area contributed by atoms with Crippen molar-refractivity contribution in [1.29, 1.82) is 0 Å². The van der Waals surface area contributed by atoms with Crippen LogP contribution in [0.4, 0.5) is 5.69 Å². The Morgan fingerprint density at radius 1 is 1.36 bits per heavy atom. The zero-order valence-corrected chi connectivity index (χ0v) is 16.7. The monoisotopic (exact) mass is 387 g/mol. The summed E-state index contributed by atoms with van der Waals surface area (Å²) in [5.74, 6) is 0.0840. The van der Waals surface area contributed by atoms with Crippen LogP contribution in [0, 0.1) is 11.8 Å². The Kier molecular flexibility index (Phi) is 7.72. The minimum atomic E-state index is -0.292. The molecule has 0 saturated carbocycles. The standard InChI is InChI=1S/C18H26ClN3O2.ClH/c1-5-18(3,4)22-17(24)14-7-6-13(8-15(14)19)21-16(23)11(2)12-9-20-10-12;/h6-8,11-12,20H,5,9-10H2,1-4H3,(H,21,23)(H,22,24);1H. The van der Waals surface area contributed by atoms with E-state index >= 15 is 0 Å². The SMILES string of the molecule is CCC(C)(C)NC(=O)c1ccc(NC(=O)C(C)C2CNC2)cc1Cl.Cl. The first-order valence-corrected chi connectivity index (χ1v) is 8.75. The second-order valence-electron chi connectivity index (χ2n) is 7.08. The predicted octanol–water partition coefficient (Wildman–Crippen LogP) is 3.47. The van der Waals surface area contributed by atoms with Crippen LogP contribution in [0.3, 0.4) is 0 Å². The van der Waals surface area contributed by atoms with E-state index in [4.69, 9.17) is 11.6 Å². The maximum atomic E-state index is 12.3. The maximum absolute atomic E-state index is 12.3. The topological polar surface area (TPSA) is 70.2 Å². The van der Waals surface area contributed by atoms with Gasteiger partial charge < -0.3 is 16.0 Å². The molecule has 1 atom stereocenters. The summed E-state index contributed by atoms with van der Waals surface area (Å²) < 4.78 is 0. The van der Waals surface area contributed by atoms with Gasteiger partial charge in [-0.1, -0.05) is 25.4 Å². The molecule has 0 aliphatic carbocycles. The van der Waals surface area contributed by atoms with Crippen LogP contribution in [-0.2, 0) is 4.79 Å². The van der Waals surface area contributed by atoms with Gasteiger partial charge in [0.25, 0.3) is 5.91 Å². The third kappa shape index (κ3) is 5.59. The minimum Gasteiger partial charge on any atom is -0.347 e. The van der Waals surface area contributed by atoms with E-state index < -0.39 is 0 Å². The van der Waals surface area contributed by atoms with Gasteiger partial charge >= 0.3 is 0 Å². The largest absolute Gasteiger partial charge is 0.347 e. The van der Waals surface area contributed by atoms with E-state index in [1.54, 1.807) is 18.2 Å². The molecular weight excluding hydrogens is 361 g/mol. The highest BCUT2D eigenvalue weighted by Crippen LogP contribution is 2.24. The lowest BCUT2D eigenvalue weighted by Crippen LogP contribution is -2.48. The molecule has 1 fully saturated rings. The van der Waals surface area contributed by atoms with Gasteiger partial charge in [0.1, 0.15) is 0 Å². The smallest absolute Gasteiger partial charge is 0.253 e. The molecule has 1 aromatic rings. The maximum Gasteiger partial charge on any atom is 0.253 e. The summed E-state index contributed by atoms with van der Waals surface area (Å²) in [6.07, 6.45) is 0.818. The van der Waals surface area contributed by atoms with Crippen molar-refractivity contribution < 1.29 is 9.59 Å². The predicted molar refractivity (Wildman–Crippen MR) is 105 cm³/mol. The van der Waals surface area contributed by atoms with Crippen molar-refractivity contribution in [1.82, 2.24) is 10.6 Å². The number of rotatable bonds is 6. The Labute approximate surface area is 160 Å². The molecule has 140 valence electrons. The molecule has 2 amide bonds. The highest BCUT2D eigenvalue weighted by atomic mass is 35.5. The van der Waals surface area contributed by atoms with Crippen molar-refractivity contribution in [2.24, 2.45) is 11.8 Å². The average Bonchev–Trinajstić information content (AvgIpc) is 2.44. The van der Waals surface area contributed by atoms with Crippen LogP contribution in [0.25, 0.3) is 0 Å². The van der Waals surface area contributed by atoms with Crippen molar-refractivity contribution in [2.45, 2.75) is 39.7 Å². The van der Waals surface area contributed by atoms with Crippen LogP contribution in [0.15, 0.2) is 18.2 Å². The first-order chi connectivity index (χ1) is 11.2. The summed E-state index contributed by atoms with van der Waals surface area (Å²) in [6, 6.07) is 4.98. The summed E-state index contributed by atoms with van der Waals surface area (Å²) >= 11 is 6.24. The van der Waals surface area contributed by atoms with Crippen molar-refractivity contribution >= 4 is 41.5 Å². The molecule has 0 aromatic heterocycles. The second-order valence-corrected chi connectivity index (χ2v) is 7.49. The summed E-state index contributed by atoms with van der Waals surface area (Å²) in [5, 5.41) is 9.32. The van der Waals surface area contributed by atoms with E-state index in [1.165, 1.54) is 0 Å². The summed E-state index contributed by atoms with van der Waals surface area (Å²) in [7, 11) is 0. The third-order valence-electron chi connectivity index (χ3n) is 4.75. The molecule has 0 bridgehead atoms. The number of amides is 2. The van der Waals surface area contributed by atoms with Gasteiger partial charge in [0, 0.05) is 17.1 Å². The molecular formula is C18H27Cl2N3O2. The molecule has 1 saturated heterocycles. The molecule has 1 heterocycles. The number of nitrogens with one attached hydrogen (secondary N) is 3. The Morgan fingerprint density at radius 2 is 2.00 bits per heavy atom. The van der Waals surface area contributed by atoms with Gasteiger partial charge in [0.2, 0.25) is 5.91 Å². The fourth-order valence-corrected chi connectivity index (χ4v) is 2.64. The van der Waals surface area contributed by atoms with Gasteiger partial charge in [0.15, 0.2) is 0 Å². The molecule has 1 aliphatic rings. The van der Waals surface area contributed by atoms with Crippen molar-refractivity contribution in [2.75, 3.05) is 18.4 Å². The van der Waals surface area contributed by atoms with Gasteiger partial charge in [-0.3, -0.25) is 9.59 Å². The molecule has 7 heteroatoms. The van der Waals surface area contributed by atoms with Gasteiger partial charge in [-0.05, 0) is 57.5 Å². The Morgan fingerprint density at radius 3 is 2.48 bits per heavy atom. The van der Waals surface area contributed by atoms with E-state index in [0.29, 0.717) is 22.2 Å². The number of hydrogen-bond acceptors (Lipinski definition) is 3. The van der Waals surface area contributed by atoms with Crippen LogP contribution in [0.2, 0.25) is 5.02 Å². The van der Waals surface area contributed by atoms with Crippen LogP contribution in [-0.4, -0.2) is 30.4 Å². The lowest BCUT2D eigenvalue weighted by atomic mass is 9.88. The summed E-state index contributed by atoms with van der Waals surface area (Å²) in [6.45, 7) is 9.62. The molecule has 1 unspecified atom stereocenters. The van der Waals surface area contributed by atoms with E-state index in [9.17, 15) is 9.59 Å². The van der Waals surface area contributed by atoms with E-state index in [0.717, 1.165) is 19.5 Å². The van der Waals surface area contributed by atoms with E-state index in [1.807, 2.05) is 27.7 Å². The quantitative estimate of drug-likeness (QED) is 0.699. The summed E-state index contributed by atoms with van der Waals surface area (Å²) in [5.41, 5.74) is 0.724. The third-order valence-corrected chi connectivity index (χ3v) is 5.06. The van der Waals surface area contributed by atoms with Crippen molar-refractivity contribution in [3.8, 4) is 0 Å². The molecule has 2 rings (SSSR count). The zero-order valence-electron chi connectivity index (χ0n) is 15.1. The van der Waals surface area contributed by atoms with Crippen LogP contribution >= 0.6 is 24.0 Å². The van der Waals surface area contributed by atoms with Crippen LogP contribution in [0.5, 0.6) is 0 Å². The van der Waals surface area contributed by atoms with Gasteiger partial charge in [-0.2, -0.15) is 0 Å². The lowest BCUT2D eigenvalue weighted by Gasteiger charge is -2.31. The average molecular weight is 388 g/mol. The molecule has 3 N–H and O–H groups in total. The van der Waals surface area contributed by atoms with Crippen molar-refractivity contribution in [3.63, 3.8) is 0 Å². The highest BCUT2D eigenvalue weighted by molar-refractivity contribution is 6.34. The molecule has 1 aromatic carbocycles. The first-order valence-electron chi connectivity index (χ1n) is 8.37. The molecule has 1 aliphatic heterocycles. The Balaban J connectivity index is 0.00000312. The van der Waals surface area contributed by atoms with Gasteiger partial charge in [-0.15, -0.1) is 12.4 Å². The first kappa shape index (κ1) is 21.7. The Bertz CT molecular complexity index is 631. The van der Waals surface area contributed by atoms with Crippen molar-refractivity contribution in [3.05, 3.63) is 28.8 Å². The lowest BCUT2D eigenvalue weighted by molar-refractivity contribution is -0.121. The number of benzene rings is 1. The Hall–Kier alpha value is -1.30.